The van der Waals surface area contributed by atoms with Gasteiger partial charge in [-0.05, 0) is 36.4 Å². The molecule has 0 aliphatic carbocycles. The highest BCUT2D eigenvalue weighted by molar-refractivity contribution is 7.89. The average molecular weight is 339 g/mol. The highest BCUT2D eigenvalue weighted by Gasteiger charge is 2.12. The first-order valence-electron chi connectivity index (χ1n) is 6.62. The molecule has 2 rings (SSSR count). The first-order chi connectivity index (χ1) is 10.9. The molecule has 122 valence electrons. The van der Waals surface area contributed by atoms with Gasteiger partial charge in [-0.2, -0.15) is 0 Å². The summed E-state index contributed by atoms with van der Waals surface area (Å²) in [6, 6.07) is 10.3. The number of anilines is 1. The fourth-order valence-electron chi connectivity index (χ4n) is 1.79. The van der Waals surface area contributed by atoms with E-state index >= 15 is 0 Å². The molecule has 0 heterocycles. The van der Waals surface area contributed by atoms with Gasteiger partial charge in [-0.1, -0.05) is 0 Å². The fourth-order valence-corrected chi connectivity index (χ4v) is 2.82. The van der Waals surface area contributed by atoms with Gasteiger partial charge in [0.25, 0.3) is 5.69 Å². The van der Waals surface area contributed by atoms with Crippen LogP contribution >= 0.6 is 0 Å². The molecule has 2 aromatic rings. The van der Waals surface area contributed by atoms with Crippen LogP contribution in [-0.2, 0) is 10.0 Å². The predicted octanol–water partition coefficient (Wildman–Crippen LogP) is 2.12. The van der Waals surface area contributed by atoms with Gasteiger partial charge in [-0.15, -0.1) is 0 Å². The number of nitrogens with one attached hydrogen (secondary N) is 2. The van der Waals surface area contributed by atoms with Crippen LogP contribution in [0, 0.1) is 15.9 Å². The van der Waals surface area contributed by atoms with Crippen LogP contribution in [0.4, 0.5) is 15.8 Å². The molecule has 9 heteroatoms. The van der Waals surface area contributed by atoms with Gasteiger partial charge in [0.15, 0.2) is 0 Å². The number of nitro benzene ring substituents is 1. The van der Waals surface area contributed by atoms with Gasteiger partial charge in [-0.3, -0.25) is 10.1 Å². The third kappa shape index (κ3) is 4.73. The number of sulfonamides is 1. The van der Waals surface area contributed by atoms with Crippen LogP contribution in [-0.4, -0.2) is 26.4 Å². The van der Waals surface area contributed by atoms with E-state index in [9.17, 15) is 22.9 Å². The lowest BCUT2D eigenvalue weighted by Gasteiger charge is -2.08. The second kappa shape index (κ2) is 7.16. The van der Waals surface area contributed by atoms with Crippen molar-refractivity contribution in [1.29, 1.82) is 0 Å². The van der Waals surface area contributed by atoms with Gasteiger partial charge in [0, 0.05) is 30.9 Å². The summed E-state index contributed by atoms with van der Waals surface area (Å²) in [7, 11) is -3.70. The zero-order valence-electron chi connectivity index (χ0n) is 11.9. The summed E-state index contributed by atoms with van der Waals surface area (Å²) in [6.07, 6.45) is 0. The van der Waals surface area contributed by atoms with E-state index in [0.717, 1.165) is 12.1 Å². The lowest BCUT2D eigenvalue weighted by Crippen LogP contribution is -2.28. The molecule has 0 fully saturated rings. The number of benzene rings is 2. The van der Waals surface area contributed by atoms with Gasteiger partial charge in [-0.25, -0.2) is 17.5 Å². The van der Waals surface area contributed by atoms with Crippen LogP contribution in [0.15, 0.2) is 53.4 Å². The molecular weight excluding hydrogens is 325 g/mol. The normalized spacial score (nSPS) is 11.2. The Hall–Kier alpha value is -2.52. The largest absolute Gasteiger partial charge is 0.384 e. The zero-order valence-corrected chi connectivity index (χ0v) is 12.7. The summed E-state index contributed by atoms with van der Waals surface area (Å²) in [5.74, 6) is -0.510. The van der Waals surface area contributed by atoms with E-state index in [1.54, 1.807) is 0 Å². The number of halogens is 1. The molecule has 0 unspecified atom stereocenters. The first kappa shape index (κ1) is 16.8. The molecule has 0 spiro atoms. The maximum absolute atomic E-state index is 12.8. The second-order valence-electron chi connectivity index (χ2n) is 4.58. The molecule has 2 aromatic carbocycles. The molecular formula is C14H14FN3O4S. The van der Waals surface area contributed by atoms with Crippen molar-refractivity contribution in [3.8, 4) is 0 Å². The standard InChI is InChI=1S/C14H14FN3O4S/c15-11-1-7-14(8-2-11)23(21,22)17-10-9-16-12-3-5-13(6-4-12)18(19)20/h1-8,16-17H,9-10H2. The smallest absolute Gasteiger partial charge is 0.269 e. The minimum Gasteiger partial charge on any atom is -0.384 e. The Labute approximate surface area is 132 Å². The quantitative estimate of drug-likeness (QED) is 0.457. The number of rotatable bonds is 7. The zero-order chi connectivity index (χ0) is 16.9. The molecule has 0 amide bonds. The van der Waals surface area contributed by atoms with Gasteiger partial charge >= 0.3 is 0 Å². The fraction of sp³-hybridized carbons (Fsp3) is 0.143. The van der Waals surface area contributed by atoms with Crippen molar-refractivity contribution < 1.29 is 17.7 Å². The molecule has 0 aliphatic rings. The Balaban J connectivity index is 1.84. The Morgan fingerprint density at radius 2 is 1.61 bits per heavy atom. The average Bonchev–Trinajstić information content (AvgIpc) is 2.52. The van der Waals surface area contributed by atoms with E-state index in [1.165, 1.54) is 36.4 Å². The van der Waals surface area contributed by atoms with Crippen molar-refractivity contribution >= 4 is 21.4 Å². The van der Waals surface area contributed by atoms with Crippen LogP contribution in [0.3, 0.4) is 0 Å². The number of hydrogen-bond acceptors (Lipinski definition) is 5. The Morgan fingerprint density at radius 1 is 1.00 bits per heavy atom. The topological polar surface area (TPSA) is 101 Å². The molecule has 0 radical (unpaired) electrons. The molecule has 0 saturated heterocycles. The number of non-ortho nitro benzene ring substituents is 1. The summed E-state index contributed by atoms with van der Waals surface area (Å²) in [6.45, 7) is 0.398. The van der Waals surface area contributed by atoms with Crippen molar-refractivity contribution in [2.45, 2.75) is 4.90 Å². The summed E-state index contributed by atoms with van der Waals surface area (Å²) in [5.41, 5.74) is 0.615. The first-order valence-corrected chi connectivity index (χ1v) is 8.10. The summed E-state index contributed by atoms with van der Waals surface area (Å²) in [5, 5.41) is 13.5. The van der Waals surface area contributed by atoms with E-state index in [-0.39, 0.29) is 23.7 Å². The number of nitro groups is 1. The third-order valence-electron chi connectivity index (χ3n) is 2.95. The summed E-state index contributed by atoms with van der Waals surface area (Å²) >= 11 is 0. The van der Waals surface area contributed by atoms with Crippen molar-refractivity contribution in [2.24, 2.45) is 0 Å². The van der Waals surface area contributed by atoms with Gasteiger partial charge in [0.05, 0.1) is 9.82 Å². The number of hydrogen-bond donors (Lipinski definition) is 2. The summed E-state index contributed by atoms with van der Waals surface area (Å²) in [4.78, 5) is 10.0. The van der Waals surface area contributed by atoms with Crippen molar-refractivity contribution in [2.75, 3.05) is 18.4 Å². The second-order valence-corrected chi connectivity index (χ2v) is 6.35. The maximum Gasteiger partial charge on any atom is 0.269 e. The van der Waals surface area contributed by atoms with Gasteiger partial charge in [0.1, 0.15) is 5.82 Å². The molecule has 0 atom stereocenters. The third-order valence-corrected chi connectivity index (χ3v) is 4.43. The summed E-state index contributed by atoms with van der Waals surface area (Å²) < 4.78 is 39.0. The van der Waals surface area contributed by atoms with Crippen LogP contribution in [0.25, 0.3) is 0 Å². The van der Waals surface area contributed by atoms with E-state index in [2.05, 4.69) is 10.0 Å². The van der Waals surface area contributed by atoms with Crippen LogP contribution in [0.1, 0.15) is 0 Å². The Morgan fingerprint density at radius 3 is 2.17 bits per heavy atom. The SMILES string of the molecule is O=[N+]([O-])c1ccc(NCCNS(=O)(=O)c2ccc(F)cc2)cc1. The maximum atomic E-state index is 12.8. The van der Waals surface area contributed by atoms with Crippen LogP contribution in [0.2, 0.25) is 0 Å². The molecule has 7 nitrogen and oxygen atoms in total. The number of nitrogens with zero attached hydrogens (tertiary/aromatic N) is 1. The molecule has 0 bridgehead atoms. The highest BCUT2D eigenvalue weighted by atomic mass is 32.2. The van der Waals surface area contributed by atoms with E-state index in [1.807, 2.05) is 0 Å². The minimum absolute atomic E-state index is 0.0192. The van der Waals surface area contributed by atoms with E-state index in [0.29, 0.717) is 5.69 Å². The minimum atomic E-state index is -3.70. The van der Waals surface area contributed by atoms with Crippen molar-refractivity contribution in [1.82, 2.24) is 4.72 Å². The Kier molecular flexibility index (Phi) is 5.24. The van der Waals surface area contributed by atoms with Crippen LogP contribution in [0.5, 0.6) is 0 Å². The van der Waals surface area contributed by atoms with Gasteiger partial charge < -0.3 is 5.32 Å². The van der Waals surface area contributed by atoms with E-state index in [4.69, 9.17) is 0 Å². The lowest BCUT2D eigenvalue weighted by molar-refractivity contribution is -0.384. The van der Waals surface area contributed by atoms with Crippen molar-refractivity contribution in [3.63, 3.8) is 0 Å². The molecule has 0 saturated carbocycles. The van der Waals surface area contributed by atoms with Crippen molar-refractivity contribution in [3.05, 3.63) is 64.5 Å². The highest BCUT2D eigenvalue weighted by Crippen LogP contribution is 2.15. The van der Waals surface area contributed by atoms with E-state index < -0.39 is 20.8 Å². The molecule has 23 heavy (non-hydrogen) atoms. The molecule has 0 aliphatic heterocycles. The molecule has 2 N–H and O–H groups in total. The monoisotopic (exact) mass is 339 g/mol. The Bertz CT molecular complexity index is 777. The van der Waals surface area contributed by atoms with Crippen LogP contribution < -0.4 is 10.0 Å². The lowest BCUT2D eigenvalue weighted by atomic mass is 10.3. The molecule has 0 aromatic heterocycles. The van der Waals surface area contributed by atoms with Gasteiger partial charge in [0.2, 0.25) is 10.0 Å². The predicted molar refractivity (Wildman–Crippen MR) is 83.2 cm³/mol.